The number of nitrogens with one attached hydrogen (secondary N) is 2. The molecular weight excluding hydrogens is 322 g/mol. The molecule has 0 radical (unpaired) electrons. The molecule has 1 aromatic heterocycles. The van der Waals surface area contributed by atoms with Crippen molar-refractivity contribution in [2.24, 2.45) is 0 Å². The Bertz CT molecular complexity index is 818. The highest BCUT2D eigenvalue weighted by Crippen LogP contribution is 2.26. The van der Waals surface area contributed by atoms with Crippen LogP contribution in [0.5, 0.6) is 5.75 Å². The lowest BCUT2D eigenvalue weighted by Gasteiger charge is -2.07. The van der Waals surface area contributed by atoms with E-state index < -0.39 is 0 Å². The lowest BCUT2D eigenvalue weighted by molar-refractivity contribution is 0.0947. The van der Waals surface area contributed by atoms with Crippen LogP contribution in [0.2, 0.25) is 0 Å². The molecule has 0 saturated heterocycles. The average Bonchev–Trinajstić information content (AvgIpc) is 3.01. The van der Waals surface area contributed by atoms with Gasteiger partial charge in [-0.1, -0.05) is 29.5 Å². The summed E-state index contributed by atoms with van der Waals surface area (Å²) in [4.78, 5) is 16.7. The van der Waals surface area contributed by atoms with E-state index in [1.165, 1.54) is 0 Å². The number of aromatic nitrogens is 1. The van der Waals surface area contributed by atoms with Crippen molar-refractivity contribution in [1.29, 1.82) is 0 Å². The molecule has 0 unspecified atom stereocenters. The molecular formula is C18H19N3O2S. The van der Waals surface area contributed by atoms with E-state index in [0.29, 0.717) is 18.7 Å². The molecule has 3 rings (SSSR count). The van der Waals surface area contributed by atoms with Crippen LogP contribution in [0.1, 0.15) is 17.3 Å². The Balaban J connectivity index is 1.55. The van der Waals surface area contributed by atoms with E-state index in [4.69, 9.17) is 4.74 Å². The first-order chi connectivity index (χ1) is 11.8. The minimum absolute atomic E-state index is 0.105. The minimum atomic E-state index is -0.105. The Morgan fingerprint density at radius 1 is 1.21 bits per heavy atom. The van der Waals surface area contributed by atoms with Crippen LogP contribution in [0.25, 0.3) is 10.2 Å². The monoisotopic (exact) mass is 341 g/mol. The second-order valence-corrected chi connectivity index (χ2v) is 6.18. The first-order valence-corrected chi connectivity index (χ1v) is 8.68. The van der Waals surface area contributed by atoms with Gasteiger partial charge in [0.2, 0.25) is 0 Å². The third-order valence-electron chi connectivity index (χ3n) is 3.38. The maximum Gasteiger partial charge on any atom is 0.251 e. The van der Waals surface area contributed by atoms with E-state index in [1.807, 2.05) is 49.4 Å². The van der Waals surface area contributed by atoms with Crippen molar-refractivity contribution in [1.82, 2.24) is 10.3 Å². The number of anilines is 1. The zero-order valence-electron chi connectivity index (χ0n) is 13.4. The van der Waals surface area contributed by atoms with Crippen LogP contribution in [-0.2, 0) is 0 Å². The van der Waals surface area contributed by atoms with Gasteiger partial charge in [-0.3, -0.25) is 4.79 Å². The van der Waals surface area contributed by atoms with Gasteiger partial charge in [-0.25, -0.2) is 4.98 Å². The number of hydrogen-bond donors (Lipinski definition) is 2. The highest BCUT2D eigenvalue weighted by atomic mass is 32.1. The fourth-order valence-corrected chi connectivity index (χ4v) is 3.22. The fourth-order valence-electron chi connectivity index (χ4n) is 2.24. The van der Waals surface area contributed by atoms with Gasteiger partial charge in [0, 0.05) is 12.1 Å². The van der Waals surface area contributed by atoms with Crippen LogP contribution in [0.4, 0.5) is 5.13 Å². The largest absolute Gasteiger partial charge is 0.492 e. The fraction of sp³-hybridized carbons (Fsp3) is 0.222. The minimum Gasteiger partial charge on any atom is -0.492 e. The molecule has 1 heterocycles. The molecule has 2 N–H and O–H groups in total. The Kier molecular flexibility index (Phi) is 5.28. The van der Waals surface area contributed by atoms with Gasteiger partial charge in [0.1, 0.15) is 12.4 Å². The van der Waals surface area contributed by atoms with Crippen LogP contribution in [0.3, 0.4) is 0 Å². The molecule has 0 aliphatic heterocycles. The quantitative estimate of drug-likeness (QED) is 0.645. The van der Waals surface area contributed by atoms with E-state index in [0.717, 1.165) is 27.6 Å². The van der Waals surface area contributed by atoms with Gasteiger partial charge in [0.15, 0.2) is 5.13 Å². The van der Waals surface area contributed by atoms with Gasteiger partial charge in [0.05, 0.1) is 16.8 Å². The van der Waals surface area contributed by atoms with Crippen LogP contribution >= 0.6 is 11.3 Å². The molecule has 0 fully saturated rings. The highest BCUT2D eigenvalue weighted by Gasteiger charge is 2.09. The Morgan fingerprint density at radius 3 is 2.83 bits per heavy atom. The topological polar surface area (TPSA) is 63.2 Å². The second kappa shape index (κ2) is 7.79. The molecule has 1 amide bonds. The van der Waals surface area contributed by atoms with Gasteiger partial charge >= 0.3 is 0 Å². The SMILES string of the molecule is CCNc1nc2ccc(C(=O)NCCOc3ccccc3)cc2s1. The maximum atomic E-state index is 12.2. The summed E-state index contributed by atoms with van der Waals surface area (Å²) in [6.07, 6.45) is 0. The van der Waals surface area contributed by atoms with E-state index >= 15 is 0 Å². The maximum absolute atomic E-state index is 12.2. The van der Waals surface area contributed by atoms with Gasteiger partial charge in [-0.2, -0.15) is 0 Å². The molecule has 3 aromatic rings. The van der Waals surface area contributed by atoms with Crippen LogP contribution in [0.15, 0.2) is 48.5 Å². The predicted octanol–water partition coefficient (Wildman–Crippen LogP) is 3.54. The molecule has 0 saturated carbocycles. The molecule has 2 aromatic carbocycles. The second-order valence-electron chi connectivity index (χ2n) is 5.15. The number of carbonyl (C=O) groups is 1. The van der Waals surface area contributed by atoms with E-state index in [-0.39, 0.29) is 5.91 Å². The summed E-state index contributed by atoms with van der Waals surface area (Å²) in [5.74, 6) is 0.695. The van der Waals surface area contributed by atoms with E-state index in [2.05, 4.69) is 15.6 Å². The summed E-state index contributed by atoms with van der Waals surface area (Å²) < 4.78 is 6.56. The lowest BCUT2D eigenvalue weighted by atomic mass is 10.2. The Hall–Kier alpha value is -2.60. The molecule has 5 nitrogen and oxygen atoms in total. The van der Waals surface area contributed by atoms with Gasteiger partial charge in [0.25, 0.3) is 5.91 Å². The zero-order valence-corrected chi connectivity index (χ0v) is 14.2. The molecule has 0 spiro atoms. The van der Waals surface area contributed by atoms with E-state index in [9.17, 15) is 4.79 Å². The van der Waals surface area contributed by atoms with Crippen LogP contribution in [-0.4, -0.2) is 30.6 Å². The van der Waals surface area contributed by atoms with Crippen molar-refractivity contribution in [2.75, 3.05) is 25.0 Å². The molecule has 24 heavy (non-hydrogen) atoms. The molecule has 124 valence electrons. The highest BCUT2D eigenvalue weighted by molar-refractivity contribution is 7.22. The number of ether oxygens (including phenoxy) is 1. The summed E-state index contributed by atoms with van der Waals surface area (Å²) in [5, 5.41) is 6.94. The van der Waals surface area contributed by atoms with Crippen molar-refractivity contribution in [3.8, 4) is 5.75 Å². The molecule has 0 aliphatic rings. The van der Waals surface area contributed by atoms with Gasteiger partial charge in [-0.05, 0) is 37.3 Å². The normalized spacial score (nSPS) is 10.5. The smallest absolute Gasteiger partial charge is 0.251 e. The number of fused-ring (bicyclic) bond motifs is 1. The Labute approximate surface area is 144 Å². The van der Waals surface area contributed by atoms with Gasteiger partial charge < -0.3 is 15.4 Å². The van der Waals surface area contributed by atoms with Gasteiger partial charge in [-0.15, -0.1) is 0 Å². The number of nitrogens with zero attached hydrogens (tertiary/aromatic N) is 1. The first-order valence-electron chi connectivity index (χ1n) is 7.87. The number of carbonyl (C=O) groups excluding carboxylic acids is 1. The number of hydrogen-bond acceptors (Lipinski definition) is 5. The standard InChI is InChI=1S/C18H19N3O2S/c1-2-19-18-21-15-9-8-13(12-16(15)24-18)17(22)20-10-11-23-14-6-4-3-5-7-14/h3-9,12H,2,10-11H2,1H3,(H,19,21)(H,20,22). The summed E-state index contributed by atoms with van der Waals surface area (Å²) in [7, 11) is 0. The number of amides is 1. The molecule has 0 bridgehead atoms. The molecule has 6 heteroatoms. The first kappa shape index (κ1) is 16.3. The zero-order chi connectivity index (χ0) is 16.8. The molecule has 0 atom stereocenters. The summed E-state index contributed by atoms with van der Waals surface area (Å²) >= 11 is 1.55. The Morgan fingerprint density at radius 2 is 2.04 bits per heavy atom. The molecule has 0 aliphatic carbocycles. The van der Waals surface area contributed by atoms with Crippen LogP contribution < -0.4 is 15.4 Å². The predicted molar refractivity (Wildman–Crippen MR) is 98.1 cm³/mol. The van der Waals surface area contributed by atoms with Crippen molar-refractivity contribution >= 4 is 32.6 Å². The van der Waals surface area contributed by atoms with E-state index in [1.54, 1.807) is 17.4 Å². The average molecular weight is 341 g/mol. The summed E-state index contributed by atoms with van der Waals surface area (Å²) in [5.41, 5.74) is 1.54. The van der Waals surface area contributed by atoms with Crippen LogP contribution in [0, 0.1) is 0 Å². The van der Waals surface area contributed by atoms with Crippen molar-refractivity contribution < 1.29 is 9.53 Å². The van der Waals surface area contributed by atoms with Crippen molar-refractivity contribution in [2.45, 2.75) is 6.92 Å². The third kappa shape index (κ3) is 4.02. The summed E-state index contributed by atoms with van der Waals surface area (Å²) in [6, 6.07) is 15.1. The number of benzene rings is 2. The van der Waals surface area contributed by atoms with Crippen molar-refractivity contribution in [3.05, 3.63) is 54.1 Å². The lowest BCUT2D eigenvalue weighted by Crippen LogP contribution is -2.28. The number of rotatable bonds is 7. The third-order valence-corrected chi connectivity index (χ3v) is 4.35. The number of para-hydroxylation sites is 1. The van der Waals surface area contributed by atoms with Crippen molar-refractivity contribution in [3.63, 3.8) is 0 Å². The summed E-state index contributed by atoms with van der Waals surface area (Å²) in [6.45, 7) is 3.75. The number of thiazole rings is 1.